The number of anilines is 1. The first-order valence-corrected chi connectivity index (χ1v) is 6.26. The van der Waals surface area contributed by atoms with Crippen LogP contribution in [0.2, 0.25) is 0 Å². The van der Waals surface area contributed by atoms with Gasteiger partial charge >= 0.3 is 0 Å². The molecular weight excluding hydrogens is 226 g/mol. The molecule has 0 saturated heterocycles. The highest BCUT2D eigenvalue weighted by Crippen LogP contribution is 2.36. The predicted molar refractivity (Wildman–Crippen MR) is 65.0 cm³/mol. The third-order valence-electron chi connectivity index (χ3n) is 1.97. The van der Waals surface area contributed by atoms with Crippen molar-refractivity contribution in [2.24, 2.45) is 0 Å². The topological polar surface area (TPSA) is 51.8 Å². The SMILES string of the molecule is C[C@@H](Sc1nnc(N)s1)c1ccccc1. The lowest BCUT2D eigenvalue weighted by molar-refractivity contribution is 1.00. The third kappa shape index (κ3) is 2.70. The number of benzene rings is 1. The zero-order valence-electron chi connectivity index (χ0n) is 8.25. The Morgan fingerprint density at radius 2 is 2.00 bits per heavy atom. The molecule has 1 heterocycles. The molecule has 1 aromatic carbocycles. The molecule has 1 atom stereocenters. The minimum absolute atomic E-state index is 0.374. The molecule has 0 unspecified atom stereocenters. The Balaban J connectivity index is 2.07. The van der Waals surface area contributed by atoms with E-state index in [0.29, 0.717) is 10.4 Å². The molecule has 0 saturated carbocycles. The van der Waals surface area contributed by atoms with Gasteiger partial charge in [0.25, 0.3) is 0 Å². The quantitative estimate of drug-likeness (QED) is 0.834. The fraction of sp³-hybridized carbons (Fsp3) is 0.200. The molecule has 3 nitrogen and oxygen atoms in total. The van der Waals surface area contributed by atoms with Gasteiger partial charge in [-0.1, -0.05) is 53.4 Å². The molecular formula is C10H11N3S2. The second-order valence-electron chi connectivity index (χ2n) is 3.08. The highest BCUT2D eigenvalue weighted by molar-refractivity contribution is 8.01. The van der Waals surface area contributed by atoms with E-state index in [4.69, 9.17) is 5.73 Å². The van der Waals surface area contributed by atoms with Crippen molar-refractivity contribution < 1.29 is 0 Å². The highest BCUT2D eigenvalue weighted by atomic mass is 32.2. The predicted octanol–water partition coefficient (Wildman–Crippen LogP) is 2.97. The van der Waals surface area contributed by atoms with E-state index in [2.05, 4.69) is 29.3 Å². The summed E-state index contributed by atoms with van der Waals surface area (Å²) in [6.45, 7) is 2.15. The van der Waals surface area contributed by atoms with Crippen LogP contribution < -0.4 is 5.73 Å². The lowest BCUT2D eigenvalue weighted by atomic mass is 10.2. The Hall–Kier alpha value is -1.07. The van der Waals surface area contributed by atoms with Crippen molar-refractivity contribution in [3.8, 4) is 0 Å². The lowest BCUT2D eigenvalue weighted by Crippen LogP contribution is -1.86. The maximum Gasteiger partial charge on any atom is 0.203 e. The molecule has 15 heavy (non-hydrogen) atoms. The van der Waals surface area contributed by atoms with Gasteiger partial charge in [-0.05, 0) is 12.5 Å². The molecule has 2 aromatic rings. The number of thioether (sulfide) groups is 1. The van der Waals surface area contributed by atoms with E-state index in [-0.39, 0.29) is 0 Å². The molecule has 1 aromatic heterocycles. The summed E-state index contributed by atoms with van der Waals surface area (Å²) in [6, 6.07) is 10.3. The molecule has 0 aliphatic heterocycles. The van der Waals surface area contributed by atoms with Crippen LogP contribution in [0.25, 0.3) is 0 Å². The molecule has 78 valence electrons. The maximum absolute atomic E-state index is 5.52. The molecule has 0 spiro atoms. The zero-order valence-corrected chi connectivity index (χ0v) is 9.89. The highest BCUT2D eigenvalue weighted by Gasteiger charge is 2.10. The fourth-order valence-electron chi connectivity index (χ4n) is 1.21. The molecule has 0 radical (unpaired) electrons. The van der Waals surface area contributed by atoms with Gasteiger partial charge in [-0.2, -0.15) is 0 Å². The first-order valence-electron chi connectivity index (χ1n) is 4.56. The van der Waals surface area contributed by atoms with Gasteiger partial charge in [0.05, 0.1) is 0 Å². The van der Waals surface area contributed by atoms with Crippen molar-refractivity contribution in [1.82, 2.24) is 10.2 Å². The smallest absolute Gasteiger partial charge is 0.203 e. The summed E-state index contributed by atoms with van der Waals surface area (Å²) in [5, 5.41) is 8.68. The number of nitrogens with zero attached hydrogens (tertiary/aromatic N) is 2. The van der Waals surface area contributed by atoms with Crippen LogP contribution in [0.1, 0.15) is 17.7 Å². The Labute approximate surface area is 96.7 Å². The summed E-state index contributed by atoms with van der Waals surface area (Å²) >= 11 is 3.11. The van der Waals surface area contributed by atoms with Crippen molar-refractivity contribution in [3.05, 3.63) is 35.9 Å². The molecule has 0 aliphatic carbocycles. The standard InChI is InChI=1S/C10H11N3S2/c1-7(8-5-3-2-4-6-8)14-10-13-12-9(11)15-10/h2-7H,1H3,(H2,11,12)/t7-/m1/s1. The Morgan fingerprint density at radius 1 is 1.27 bits per heavy atom. The molecule has 2 N–H and O–H groups in total. The van der Waals surface area contributed by atoms with E-state index in [1.165, 1.54) is 16.9 Å². The van der Waals surface area contributed by atoms with Gasteiger partial charge in [-0.3, -0.25) is 0 Å². The largest absolute Gasteiger partial charge is 0.374 e. The van der Waals surface area contributed by atoms with E-state index in [0.717, 1.165) is 4.34 Å². The van der Waals surface area contributed by atoms with E-state index >= 15 is 0 Å². The first-order chi connectivity index (χ1) is 7.25. The van der Waals surface area contributed by atoms with Crippen molar-refractivity contribution >= 4 is 28.2 Å². The van der Waals surface area contributed by atoms with Gasteiger partial charge in [-0.15, -0.1) is 10.2 Å². The normalized spacial score (nSPS) is 12.6. The summed E-state index contributed by atoms with van der Waals surface area (Å²) < 4.78 is 0.920. The van der Waals surface area contributed by atoms with Crippen LogP contribution in [0.4, 0.5) is 5.13 Å². The van der Waals surface area contributed by atoms with Crippen molar-refractivity contribution in [2.75, 3.05) is 5.73 Å². The van der Waals surface area contributed by atoms with Crippen LogP contribution in [-0.4, -0.2) is 10.2 Å². The van der Waals surface area contributed by atoms with Crippen LogP contribution in [-0.2, 0) is 0 Å². The van der Waals surface area contributed by atoms with Gasteiger partial charge in [0.1, 0.15) is 0 Å². The van der Waals surface area contributed by atoms with Gasteiger partial charge in [0.2, 0.25) is 5.13 Å². The van der Waals surface area contributed by atoms with Crippen molar-refractivity contribution in [3.63, 3.8) is 0 Å². The van der Waals surface area contributed by atoms with Crippen molar-refractivity contribution in [1.29, 1.82) is 0 Å². The minimum atomic E-state index is 0.374. The minimum Gasteiger partial charge on any atom is -0.374 e. The number of nitrogen functional groups attached to an aromatic ring is 1. The van der Waals surface area contributed by atoms with Crippen LogP contribution in [0.5, 0.6) is 0 Å². The second-order valence-corrected chi connectivity index (χ2v) is 5.67. The average Bonchev–Trinajstić information content (AvgIpc) is 2.65. The maximum atomic E-state index is 5.52. The summed E-state index contributed by atoms with van der Waals surface area (Å²) in [5.74, 6) is 0. The Kier molecular flexibility index (Phi) is 3.23. The van der Waals surface area contributed by atoms with E-state index in [1.807, 2.05) is 18.2 Å². The molecule has 5 heteroatoms. The van der Waals surface area contributed by atoms with E-state index in [1.54, 1.807) is 11.8 Å². The number of hydrogen-bond donors (Lipinski definition) is 1. The van der Waals surface area contributed by atoms with Gasteiger partial charge in [0.15, 0.2) is 4.34 Å². The van der Waals surface area contributed by atoms with Gasteiger partial charge in [0, 0.05) is 5.25 Å². The number of hydrogen-bond acceptors (Lipinski definition) is 5. The number of rotatable bonds is 3. The Bertz CT molecular complexity index is 427. The Morgan fingerprint density at radius 3 is 2.60 bits per heavy atom. The average molecular weight is 237 g/mol. The first kappa shape index (κ1) is 10.4. The number of aromatic nitrogens is 2. The van der Waals surface area contributed by atoms with Crippen LogP contribution in [0.15, 0.2) is 34.7 Å². The van der Waals surface area contributed by atoms with E-state index < -0.39 is 0 Å². The number of nitrogens with two attached hydrogens (primary N) is 1. The molecule has 0 amide bonds. The third-order valence-corrected chi connectivity index (χ3v) is 3.96. The fourth-order valence-corrected chi connectivity index (χ4v) is 3.12. The summed E-state index contributed by atoms with van der Waals surface area (Å²) in [6.07, 6.45) is 0. The van der Waals surface area contributed by atoms with Gasteiger partial charge < -0.3 is 5.73 Å². The van der Waals surface area contributed by atoms with E-state index in [9.17, 15) is 0 Å². The molecule has 0 aliphatic rings. The zero-order chi connectivity index (χ0) is 10.7. The summed E-state index contributed by atoms with van der Waals surface area (Å²) in [7, 11) is 0. The molecule has 0 bridgehead atoms. The monoisotopic (exact) mass is 237 g/mol. The van der Waals surface area contributed by atoms with Gasteiger partial charge in [-0.25, -0.2) is 0 Å². The van der Waals surface area contributed by atoms with Crippen LogP contribution in [0.3, 0.4) is 0 Å². The van der Waals surface area contributed by atoms with Crippen LogP contribution in [0, 0.1) is 0 Å². The summed E-state index contributed by atoms with van der Waals surface area (Å²) in [5.41, 5.74) is 6.81. The second kappa shape index (κ2) is 4.63. The molecule has 2 rings (SSSR count). The summed E-state index contributed by atoms with van der Waals surface area (Å²) in [4.78, 5) is 0. The lowest BCUT2D eigenvalue weighted by Gasteiger charge is -2.08. The van der Waals surface area contributed by atoms with Crippen molar-refractivity contribution in [2.45, 2.75) is 16.5 Å². The molecule has 0 fully saturated rings. The van der Waals surface area contributed by atoms with Crippen LogP contribution >= 0.6 is 23.1 Å².